The summed E-state index contributed by atoms with van der Waals surface area (Å²) in [6, 6.07) is 14.3. The average Bonchev–Trinajstić information content (AvgIpc) is 3.28. The number of ether oxygens (including phenoxy) is 1. The van der Waals surface area contributed by atoms with Crippen LogP contribution >= 0.6 is 22.9 Å². The Balaban J connectivity index is 1.34. The third kappa shape index (κ3) is 10.5. The first kappa shape index (κ1) is 30.3. The van der Waals surface area contributed by atoms with E-state index >= 15 is 0 Å². The van der Waals surface area contributed by atoms with E-state index in [0.29, 0.717) is 27.6 Å². The summed E-state index contributed by atoms with van der Waals surface area (Å²) in [5, 5.41) is 7.74. The van der Waals surface area contributed by atoms with Crippen molar-refractivity contribution in [3.05, 3.63) is 64.0 Å². The second-order valence-corrected chi connectivity index (χ2v) is 10.8. The van der Waals surface area contributed by atoms with Crippen molar-refractivity contribution in [1.82, 2.24) is 10.7 Å². The van der Waals surface area contributed by atoms with Crippen LogP contribution in [0.5, 0.6) is 5.75 Å². The van der Waals surface area contributed by atoms with E-state index in [1.165, 1.54) is 56.1 Å². The highest BCUT2D eigenvalue weighted by atomic mass is 35.5. The van der Waals surface area contributed by atoms with Gasteiger partial charge >= 0.3 is 5.97 Å². The van der Waals surface area contributed by atoms with Crippen LogP contribution in [0, 0.1) is 0 Å². The molecule has 3 rings (SSSR count). The minimum Gasteiger partial charge on any atom is -0.422 e. The molecule has 0 radical (unpaired) electrons. The van der Waals surface area contributed by atoms with Gasteiger partial charge in [0.25, 0.3) is 5.91 Å². The zero-order valence-electron chi connectivity index (χ0n) is 22.3. The Hall–Kier alpha value is -3.23. The third-order valence-electron chi connectivity index (χ3n) is 6.15. The van der Waals surface area contributed by atoms with Gasteiger partial charge in [-0.2, -0.15) is 5.10 Å². The number of carbonyl (C=O) groups is 3. The van der Waals surface area contributed by atoms with Crippen LogP contribution in [0.4, 0.5) is 0 Å². The Morgan fingerprint density at radius 3 is 2.38 bits per heavy atom. The van der Waals surface area contributed by atoms with Crippen LogP contribution in [0.15, 0.2) is 53.6 Å². The lowest BCUT2D eigenvalue weighted by atomic mass is 10.1. The molecule has 0 aliphatic carbocycles. The van der Waals surface area contributed by atoms with Gasteiger partial charge in [-0.3, -0.25) is 9.59 Å². The molecule has 9 heteroatoms. The second-order valence-electron chi connectivity index (χ2n) is 9.35. The fourth-order valence-corrected chi connectivity index (χ4v) is 5.42. The number of hydrogen-bond acceptors (Lipinski definition) is 6. The highest BCUT2D eigenvalue weighted by Crippen LogP contribution is 2.35. The van der Waals surface area contributed by atoms with Crippen molar-refractivity contribution in [2.45, 2.75) is 71.1 Å². The summed E-state index contributed by atoms with van der Waals surface area (Å²) in [6.45, 7) is 2.08. The average molecular weight is 570 g/mol. The van der Waals surface area contributed by atoms with Gasteiger partial charge < -0.3 is 10.1 Å². The summed E-state index contributed by atoms with van der Waals surface area (Å²) < 4.78 is 6.42. The number of nitrogens with zero attached hydrogens (tertiary/aromatic N) is 1. The number of benzene rings is 2. The first-order chi connectivity index (χ1) is 19.0. The van der Waals surface area contributed by atoms with Crippen LogP contribution in [0.2, 0.25) is 5.02 Å². The van der Waals surface area contributed by atoms with Gasteiger partial charge in [-0.15, -0.1) is 11.3 Å². The van der Waals surface area contributed by atoms with Crippen molar-refractivity contribution in [3.8, 4) is 5.75 Å². The number of hydrazone groups is 1. The first-order valence-electron chi connectivity index (χ1n) is 13.6. The van der Waals surface area contributed by atoms with Crippen LogP contribution in [-0.2, 0) is 9.59 Å². The molecule has 0 unspecified atom stereocenters. The summed E-state index contributed by atoms with van der Waals surface area (Å²) in [5.41, 5.74) is 3.01. The van der Waals surface area contributed by atoms with Crippen molar-refractivity contribution in [1.29, 1.82) is 0 Å². The summed E-state index contributed by atoms with van der Waals surface area (Å²) >= 11 is 7.65. The number of rotatable bonds is 16. The maximum atomic E-state index is 12.7. The molecule has 0 atom stereocenters. The zero-order valence-corrected chi connectivity index (χ0v) is 23.9. The number of hydrogen-bond donors (Lipinski definition) is 2. The second kappa shape index (κ2) is 16.7. The van der Waals surface area contributed by atoms with Crippen molar-refractivity contribution in [2.24, 2.45) is 5.10 Å². The topological polar surface area (TPSA) is 96.9 Å². The molecule has 39 heavy (non-hydrogen) atoms. The number of esters is 1. The molecule has 1 heterocycles. The van der Waals surface area contributed by atoms with Gasteiger partial charge in [0.05, 0.1) is 17.8 Å². The Morgan fingerprint density at radius 1 is 0.923 bits per heavy atom. The van der Waals surface area contributed by atoms with Crippen LogP contribution in [-0.4, -0.2) is 30.5 Å². The van der Waals surface area contributed by atoms with E-state index in [0.717, 1.165) is 29.3 Å². The Morgan fingerprint density at radius 2 is 1.64 bits per heavy atom. The zero-order chi connectivity index (χ0) is 27.9. The first-order valence-corrected chi connectivity index (χ1v) is 14.7. The van der Waals surface area contributed by atoms with E-state index in [1.807, 2.05) is 24.3 Å². The molecule has 208 valence electrons. The van der Waals surface area contributed by atoms with Gasteiger partial charge in [-0.1, -0.05) is 100 Å². The fourth-order valence-electron chi connectivity index (χ4n) is 4.04. The number of fused-ring (bicyclic) bond motifs is 1. The number of unbranched alkanes of at least 4 members (excludes halogenated alkanes) is 8. The summed E-state index contributed by atoms with van der Waals surface area (Å²) in [7, 11) is 0. The van der Waals surface area contributed by atoms with E-state index in [2.05, 4.69) is 22.8 Å². The Bertz CT molecular complexity index is 1270. The van der Waals surface area contributed by atoms with Crippen molar-refractivity contribution < 1.29 is 19.1 Å². The lowest BCUT2D eigenvalue weighted by Gasteiger charge is -2.05. The van der Waals surface area contributed by atoms with Gasteiger partial charge in [0.1, 0.15) is 10.6 Å². The molecule has 0 aliphatic heterocycles. The van der Waals surface area contributed by atoms with Crippen molar-refractivity contribution >= 4 is 57.0 Å². The Kier molecular flexibility index (Phi) is 13.0. The molecule has 0 spiro atoms. The van der Waals surface area contributed by atoms with Crippen LogP contribution in [0.3, 0.4) is 0 Å². The number of nitrogens with one attached hydrogen (secondary N) is 2. The Labute approximate surface area is 239 Å². The minimum atomic E-state index is -0.540. The molecule has 0 aliphatic rings. The van der Waals surface area contributed by atoms with Crippen molar-refractivity contribution in [2.75, 3.05) is 6.54 Å². The monoisotopic (exact) mass is 569 g/mol. The highest BCUT2D eigenvalue weighted by molar-refractivity contribution is 7.21. The highest BCUT2D eigenvalue weighted by Gasteiger charge is 2.19. The van der Waals surface area contributed by atoms with Crippen LogP contribution in [0.25, 0.3) is 10.1 Å². The van der Waals surface area contributed by atoms with Crippen molar-refractivity contribution in [3.63, 3.8) is 0 Å². The number of thiophene rings is 1. The largest absolute Gasteiger partial charge is 0.422 e. The van der Waals surface area contributed by atoms with E-state index in [4.69, 9.17) is 16.3 Å². The molecule has 2 N–H and O–H groups in total. The van der Waals surface area contributed by atoms with Gasteiger partial charge in [0, 0.05) is 16.5 Å². The summed E-state index contributed by atoms with van der Waals surface area (Å²) in [5.74, 6) is -0.770. The number of halogens is 1. The van der Waals surface area contributed by atoms with Crippen LogP contribution in [0.1, 0.15) is 86.4 Å². The maximum Gasteiger partial charge on any atom is 0.355 e. The quantitative estimate of drug-likeness (QED) is 0.0623. The fraction of sp³-hybridized carbons (Fsp3) is 0.400. The molecule has 2 aromatic carbocycles. The lowest BCUT2D eigenvalue weighted by Crippen LogP contribution is -2.34. The van der Waals surface area contributed by atoms with Gasteiger partial charge in [0.15, 0.2) is 0 Å². The summed E-state index contributed by atoms with van der Waals surface area (Å²) in [4.78, 5) is 37.0. The normalized spacial score (nSPS) is 11.1. The van der Waals surface area contributed by atoms with E-state index in [-0.39, 0.29) is 12.5 Å². The molecule has 0 fully saturated rings. The predicted octanol–water partition coefficient (Wildman–Crippen LogP) is 7.26. The number of carbonyl (C=O) groups excluding carboxylic acids is 3. The molecule has 3 aromatic rings. The SMILES string of the molecule is CCCCCCCCCCCC(=O)NCC(=O)N/N=C\c1cccc(OC(=O)c2sc3ccccc3c2Cl)c1. The lowest BCUT2D eigenvalue weighted by molar-refractivity contribution is -0.126. The molecular weight excluding hydrogens is 534 g/mol. The third-order valence-corrected chi connectivity index (χ3v) is 7.80. The summed E-state index contributed by atoms with van der Waals surface area (Å²) in [6.07, 6.45) is 12.5. The molecule has 0 saturated carbocycles. The standard InChI is InChI=1S/C30H36ClN3O4S/c1-2-3-4-5-6-7-8-9-10-18-26(35)32-21-27(36)34-33-20-22-14-13-15-23(19-22)38-30(37)29-28(31)24-16-11-12-17-25(24)39-29/h11-17,19-20H,2-10,18,21H2,1H3,(H,32,35)(H,34,36)/b33-20-. The van der Waals surface area contributed by atoms with E-state index < -0.39 is 11.9 Å². The smallest absolute Gasteiger partial charge is 0.355 e. The molecule has 1 aromatic heterocycles. The van der Waals surface area contributed by atoms with E-state index in [1.54, 1.807) is 24.3 Å². The molecule has 0 saturated heterocycles. The number of amides is 2. The molecular formula is C30H36ClN3O4S. The van der Waals surface area contributed by atoms with Gasteiger partial charge in [-0.05, 0) is 30.2 Å². The maximum absolute atomic E-state index is 12.7. The minimum absolute atomic E-state index is 0.134. The molecule has 0 bridgehead atoms. The molecule has 7 nitrogen and oxygen atoms in total. The van der Waals surface area contributed by atoms with Gasteiger partial charge in [-0.25, -0.2) is 10.2 Å². The van der Waals surface area contributed by atoms with Crippen LogP contribution < -0.4 is 15.5 Å². The predicted molar refractivity (Wildman–Crippen MR) is 159 cm³/mol. The molecule has 2 amide bonds. The van der Waals surface area contributed by atoms with Gasteiger partial charge in [0.2, 0.25) is 5.91 Å². The van der Waals surface area contributed by atoms with E-state index in [9.17, 15) is 14.4 Å².